The maximum atomic E-state index is 11.0. The lowest BCUT2D eigenvalue weighted by Crippen LogP contribution is -2.22. The molecule has 17 heavy (non-hydrogen) atoms. The first kappa shape index (κ1) is 13.4. The molecule has 0 atom stereocenters. The van der Waals surface area contributed by atoms with Crippen LogP contribution in [-0.2, 0) is 20.9 Å². The van der Waals surface area contributed by atoms with Gasteiger partial charge in [-0.15, -0.1) is 5.10 Å². The summed E-state index contributed by atoms with van der Waals surface area (Å²) >= 11 is 1.35. The molecule has 0 bridgehead atoms. The van der Waals surface area contributed by atoms with Crippen LogP contribution in [0.3, 0.4) is 0 Å². The Morgan fingerprint density at radius 2 is 2.29 bits per heavy atom. The second-order valence-corrected chi connectivity index (χ2v) is 4.09. The summed E-state index contributed by atoms with van der Waals surface area (Å²) in [6.45, 7) is 1.95. The third kappa shape index (κ3) is 4.81. The van der Waals surface area contributed by atoms with E-state index >= 15 is 0 Å². The van der Waals surface area contributed by atoms with Crippen LogP contribution in [-0.4, -0.2) is 51.5 Å². The van der Waals surface area contributed by atoms with Gasteiger partial charge in [-0.1, -0.05) is 11.8 Å². The van der Waals surface area contributed by atoms with Crippen LogP contribution in [0.15, 0.2) is 5.16 Å². The van der Waals surface area contributed by atoms with E-state index in [1.54, 1.807) is 0 Å². The minimum atomic E-state index is -0.416. The number of thioether (sulfide) groups is 1. The van der Waals surface area contributed by atoms with Gasteiger partial charge < -0.3 is 10.1 Å². The van der Waals surface area contributed by atoms with Gasteiger partial charge in [-0.2, -0.15) is 0 Å². The van der Waals surface area contributed by atoms with E-state index in [0.29, 0.717) is 17.5 Å². The Labute approximate surface area is 102 Å². The van der Waals surface area contributed by atoms with Crippen molar-refractivity contribution < 1.29 is 14.3 Å². The van der Waals surface area contributed by atoms with E-state index in [4.69, 9.17) is 0 Å². The second kappa shape index (κ2) is 6.84. The number of nitrogens with zero attached hydrogens (tertiary/aromatic N) is 4. The van der Waals surface area contributed by atoms with E-state index in [9.17, 15) is 9.59 Å². The highest BCUT2D eigenvalue weighted by molar-refractivity contribution is 7.99. The molecule has 0 unspecified atom stereocenters. The smallest absolute Gasteiger partial charge is 0.327 e. The van der Waals surface area contributed by atoms with Crippen molar-refractivity contribution in [2.24, 2.45) is 0 Å². The average molecular weight is 259 g/mol. The first-order valence-corrected chi connectivity index (χ1v) is 5.82. The summed E-state index contributed by atoms with van der Waals surface area (Å²) < 4.78 is 5.87. The molecule has 1 rings (SSSR count). The number of amides is 1. The van der Waals surface area contributed by atoms with Gasteiger partial charge in [0.2, 0.25) is 11.1 Å². The Hall–Kier alpha value is -1.64. The zero-order chi connectivity index (χ0) is 12.7. The number of tetrazole rings is 1. The second-order valence-electron chi connectivity index (χ2n) is 3.03. The summed E-state index contributed by atoms with van der Waals surface area (Å²) in [7, 11) is 1.30. The zero-order valence-corrected chi connectivity index (χ0v) is 10.4. The van der Waals surface area contributed by atoms with Crippen molar-refractivity contribution in [1.82, 2.24) is 25.5 Å². The number of esters is 1. The summed E-state index contributed by atoms with van der Waals surface area (Å²) in [4.78, 5) is 21.7. The number of ether oxygens (including phenoxy) is 1. The molecule has 0 saturated carbocycles. The first-order chi connectivity index (χ1) is 8.13. The standard InChI is InChI=1S/C8H13N5O3S/c1-6(14)9-3-4-17-8-10-11-12-13(8)5-7(15)16-2/h3-5H2,1-2H3,(H,9,14). The van der Waals surface area contributed by atoms with Crippen LogP contribution in [0.5, 0.6) is 0 Å². The molecule has 0 aliphatic carbocycles. The third-order valence-electron chi connectivity index (χ3n) is 1.71. The van der Waals surface area contributed by atoms with Crippen LogP contribution >= 0.6 is 11.8 Å². The molecule has 1 aromatic heterocycles. The topological polar surface area (TPSA) is 99.0 Å². The highest BCUT2D eigenvalue weighted by atomic mass is 32.2. The van der Waals surface area contributed by atoms with E-state index in [-0.39, 0.29) is 12.5 Å². The van der Waals surface area contributed by atoms with E-state index in [0.717, 1.165) is 0 Å². The number of hydrogen-bond donors (Lipinski definition) is 1. The van der Waals surface area contributed by atoms with Crippen molar-refractivity contribution in [3.63, 3.8) is 0 Å². The molecule has 0 aliphatic heterocycles. The summed E-state index contributed by atoms with van der Waals surface area (Å²) in [5.41, 5.74) is 0. The molecule has 0 aromatic carbocycles. The van der Waals surface area contributed by atoms with Gasteiger partial charge in [0, 0.05) is 19.2 Å². The van der Waals surface area contributed by atoms with E-state index in [1.165, 1.54) is 30.5 Å². The molecule has 0 radical (unpaired) electrons. The lowest BCUT2D eigenvalue weighted by molar-refractivity contribution is -0.141. The number of rotatable bonds is 6. The summed E-state index contributed by atoms with van der Waals surface area (Å²) in [6, 6.07) is 0. The van der Waals surface area contributed by atoms with Gasteiger partial charge in [-0.05, 0) is 10.4 Å². The third-order valence-corrected chi connectivity index (χ3v) is 2.67. The molecule has 0 saturated heterocycles. The molecule has 8 nitrogen and oxygen atoms in total. The Morgan fingerprint density at radius 3 is 2.94 bits per heavy atom. The SMILES string of the molecule is COC(=O)Cn1nnnc1SCCNC(C)=O. The number of carbonyl (C=O) groups excluding carboxylic acids is 2. The number of methoxy groups -OCH3 is 1. The molecule has 94 valence electrons. The van der Waals surface area contributed by atoms with Crippen LogP contribution in [0, 0.1) is 0 Å². The van der Waals surface area contributed by atoms with Crippen molar-refractivity contribution >= 4 is 23.6 Å². The number of carbonyl (C=O) groups is 2. The van der Waals surface area contributed by atoms with Gasteiger partial charge in [-0.25, -0.2) is 4.68 Å². The highest BCUT2D eigenvalue weighted by Gasteiger charge is 2.10. The number of hydrogen-bond acceptors (Lipinski definition) is 7. The summed E-state index contributed by atoms with van der Waals surface area (Å²) in [6.07, 6.45) is 0. The highest BCUT2D eigenvalue weighted by Crippen LogP contribution is 2.12. The molecular formula is C8H13N5O3S. The van der Waals surface area contributed by atoms with Crippen molar-refractivity contribution in [2.45, 2.75) is 18.6 Å². The maximum absolute atomic E-state index is 11.0. The van der Waals surface area contributed by atoms with Crippen molar-refractivity contribution in [3.8, 4) is 0 Å². The van der Waals surface area contributed by atoms with Crippen LogP contribution < -0.4 is 5.32 Å². The molecular weight excluding hydrogens is 246 g/mol. The lowest BCUT2D eigenvalue weighted by atomic mass is 10.6. The largest absolute Gasteiger partial charge is 0.468 e. The van der Waals surface area contributed by atoms with E-state index in [2.05, 4.69) is 25.6 Å². The van der Waals surface area contributed by atoms with Crippen LogP contribution in [0.1, 0.15) is 6.92 Å². The minimum absolute atomic E-state index is 0.0219. The molecule has 1 heterocycles. The Kier molecular flexibility index (Phi) is 5.40. The minimum Gasteiger partial charge on any atom is -0.468 e. The van der Waals surface area contributed by atoms with Crippen LogP contribution in [0.4, 0.5) is 0 Å². The Morgan fingerprint density at radius 1 is 1.53 bits per heavy atom. The van der Waals surface area contributed by atoms with Gasteiger partial charge in [-0.3, -0.25) is 9.59 Å². The maximum Gasteiger partial charge on any atom is 0.327 e. The quantitative estimate of drug-likeness (QED) is 0.400. The molecule has 1 N–H and O–H groups in total. The fourth-order valence-corrected chi connectivity index (χ4v) is 1.69. The molecule has 1 amide bonds. The van der Waals surface area contributed by atoms with Gasteiger partial charge in [0.1, 0.15) is 6.54 Å². The predicted octanol–water partition coefficient (Wildman–Crippen LogP) is -0.926. The van der Waals surface area contributed by atoms with Crippen molar-refractivity contribution in [1.29, 1.82) is 0 Å². The molecule has 9 heteroatoms. The molecule has 1 aromatic rings. The predicted molar refractivity (Wildman–Crippen MR) is 59.2 cm³/mol. The van der Waals surface area contributed by atoms with Gasteiger partial charge in [0.25, 0.3) is 0 Å². The molecule has 0 spiro atoms. The van der Waals surface area contributed by atoms with Crippen LogP contribution in [0.25, 0.3) is 0 Å². The van der Waals surface area contributed by atoms with Crippen molar-refractivity contribution in [3.05, 3.63) is 0 Å². The summed E-state index contributed by atoms with van der Waals surface area (Å²) in [5.74, 6) is 0.127. The Balaban J connectivity index is 2.40. The van der Waals surface area contributed by atoms with Gasteiger partial charge in [0.15, 0.2) is 0 Å². The van der Waals surface area contributed by atoms with Gasteiger partial charge in [0.05, 0.1) is 7.11 Å². The zero-order valence-electron chi connectivity index (χ0n) is 9.54. The van der Waals surface area contributed by atoms with Gasteiger partial charge >= 0.3 is 5.97 Å². The normalized spacial score (nSPS) is 10.0. The summed E-state index contributed by atoms with van der Waals surface area (Å²) in [5, 5.41) is 14.1. The lowest BCUT2D eigenvalue weighted by Gasteiger charge is -2.03. The van der Waals surface area contributed by atoms with E-state index < -0.39 is 5.97 Å². The first-order valence-electron chi connectivity index (χ1n) is 4.83. The van der Waals surface area contributed by atoms with Crippen molar-refractivity contribution in [2.75, 3.05) is 19.4 Å². The fourth-order valence-electron chi connectivity index (χ4n) is 0.955. The Bertz CT molecular complexity index is 394. The monoisotopic (exact) mass is 259 g/mol. The van der Waals surface area contributed by atoms with E-state index in [1.807, 2.05) is 0 Å². The molecule has 0 fully saturated rings. The number of nitrogens with one attached hydrogen (secondary N) is 1. The number of aromatic nitrogens is 4. The fraction of sp³-hybridized carbons (Fsp3) is 0.625. The average Bonchev–Trinajstić information content (AvgIpc) is 2.71. The molecule has 0 aliphatic rings. The van der Waals surface area contributed by atoms with Crippen LogP contribution in [0.2, 0.25) is 0 Å².